The van der Waals surface area contributed by atoms with E-state index in [1.807, 2.05) is 12.3 Å². The molecule has 0 spiro atoms. The predicted octanol–water partition coefficient (Wildman–Crippen LogP) is 3.92. The summed E-state index contributed by atoms with van der Waals surface area (Å²) >= 11 is 0. The topological polar surface area (TPSA) is 46.4 Å². The quantitative estimate of drug-likeness (QED) is 0.565. The van der Waals surface area contributed by atoms with Gasteiger partial charge in [0.25, 0.3) is 0 Å². The molecule has 0 aliphatic carbocycles. The summed E-state index contributed by atoms with van der Waals surface area (Å²) in [7, 11) is 1.74. The molecule has 2 aliphatic heterocycles. The van der Waals surface area contributed by atoms with E-state index in [1.165, 1.54) is 38.0 Å². The van der Waals surface area contributed by atoms with Crippen molar-refractivity contribution in [3.63, 3.8) is 0 Å². The van der Waals surface area contributed by atoms with Crippen molar-refractivity contribution in [3.05, 3.63) is 60.0 Å². The maximum atomic E-state index is 5.44. The fraction of sp³-hybridized carbons (Fsp3) is 0.538. The van der Waals surface area contributed by atoms with E-state index in [9.17, 15) is 0 Å². The Kier molecular flexibility index (Phi) is 6.81. The lowest BCUT2D eigenvalue weighted by atomic mass is 9.97. The molecule has 2 aliphatic rings. The molecular weight excluding hydrogens is 398 g/mol. The molecule has 0 bridgehead atoms. The first-order chi connectivity index (χ1) is 15.8. The van der Waals surface area contributed by atoms with Crippen LogP contribution in [0.15, 0.2) is 48.7 Å². The Bertz CT molecular complexity index is 988. The van der Waals surface area contributed by atoms with Gasteiger partial charge in [-0.05, 0) is 62.9 Å². The molecule has 2 aromatic heterocycles. The lowest BCUT2D eigenvalue weighted by molar-refractivity contribution is 0.0784. The second-order valence-corrected chi connectivity index (χ2v) is 9.25. The standard InChI is InChI=1S/C26H35N5O/c1-32-20-25-28-24-8-5-14-27-26(24)31(25)23-12-18-30(19-13-23)22-10-16-29(17-11-22)15-9-21-6-3-2-4-7-21/h2-8,14,22-23H,9-13,15-20H2,1H3. The van der Waals surface area contributed by atoms with E-state index >= 15 is 0 Å². The van der Waals surface area contributed by atoms with Crippen LogP contribution in [0.2, 0.25) is 0 Å². The lowest BCUT2D eigenvalue weighted by Gasteiger charge is -2.42. The van der Waals surface area contributed by atoms with Crippen molar-refractivity contribution in [1.29, 1.82) is 0 Å². The second kappa shape index (κ2) is 10.1. The van der Waals surface area contributed by atoms with Crippen LogP contribution in [0.25, 0.3) is 11.2 Å². The molecule has 32 heavy (non-hydrogen) atoms. The smallest absolute Gasteiger partial charge is 0.160 e. The van der Waals surface area contributed by atoms with Crippen molar-refractivity contribution in [3.8, 4) is 0 Å². The molecule has 2 fully saturated rings. The number of pyridine rings is 1. The Hall–Kier alpha value is -2.28. The normalized spacial score (nSPS) is 19.7. The highest BCUT2D eigenvalue weighted by molar-refractivity contribution is 5.71. The third kappa shape index (κ3) is 4.72. The fourth-order valence-electron chi connectivity index (χ4n) is 5.54. The van der Waals surface area contributed by atoms with Gasteiger partial charge < -0.3 is 19.1 Å². The van der Waals surface area contributed by atoms with Gasteiger partial charge in [-0.3, -0.25) is 0 Å². The van der Waals surface area contributed by atoms with Gasteiger partial charge in [-0.2, -0.15) is 0 Å². The highest BCUT2D eigenvalue weighted by Gasteiger charge is 2.30. The van der Waals surface area contributed by atoms with Gasteiger partial charge in [0.2, 0.25) is 0 Å². The highest BCUT2D eigenvalue weighted by Crippen LogP contribution is 2.30. The van der Waals surface area contributed by atoms with E-state index in [-0.39, 0.29) is 0 Å². The van der Waals surface area contributed by atoms with Gasteiger partial charge in [0.05, 0.1) is 0 Å². The first-order valence-corrected chi connectivity index (χ1v) is 12.1. The molecule has 0 radical (unpaired) electrons. The average Bonchev–Trinajstić information content (AvgIpc) is 3.22. The Labute approximate surface area is 191 Å². The van der Waals surface area contributed by atoms with Crippen LogP contribution in [-0.4, -0.2) is 70.2 Å². The number of likely N-dealkylation sites (tertiary alicyclic amines) is 2. The molecule has 0 atom stereocenters. The number of ether oxygens (including phenoxy) is 1. The zero-order valence-electron chi connectivity index (χ0n) is 19.2. The van der Waals surface area contributed by atoms with Crippen molar-refractivity contribution in [2.45, 2.75) is 50.8 Å². The number of aromatic nitrogens is 3. The SMILES string of the molecule is COCc1nc2cccnc2n1C1CCN(C2CCN(CCc3ccccc3)CC2)CC1. The number of hydrogen-bond donors (Lipinski definition) is 0. The Morgan fingerprint density at radius 1 is 0.906 bits per heavy atom. The summed E-state index contributed by atoms with van der Waals surface area (Å²) in [6.45, 7) is 6.51. The van der Waals surface area contributed by atoms with E-state index in [4.69, 9.17) is 9.72 Å². The molecule has 0 unspecified atom stereocenters. The maximum absolute atomic E-state index is 5.44. The molecular formula is C26H35N5O. The van der Waals surface area contributed by atoms with Gasteiger partial charge in [0.15, 0.2) is 5.65 Å². The minimum absolute atomic E-state index is 0.460. The van der Waals surface area contributed by atoms with E-state index in [0.717, 1.165) is 55.4 Å². The lowest BCUT2D eigenvalue weighted by Crippen LogP contribution is -2.48. The van der Waals surface area contributed by atoms with Crippen molar-refractivity contribution in [1.82, 2.24) is 24.3 Å². The van der Waals surface area contributed by atoms with Crippen LogP contribution in [0.4, 0.5) is 0 Å². The summed E-state index contributed by atoms with van der Waals surface area (Å²) in [6, 6.07) is 16.1. The molecule has 0 saturated carbocycles. The number of imidazole rings is 1. The predicted molar refractivity (Wildman–Crippen MR) is 128 cm³/mol. The zero-order chi connectivity index (χ0) is 21.8. The average molecular weight is 434 g/mol. The van der Waals surface area contributed by atoms with Crippen LogP contribution >= 0.6 is 0 Å². The van der Waals surface area contributed by atoms with Crippen LogP contribution in [0.3, 0.4) is 0 Å². The maximum Gasteiger partial charge on any atom is 0.160 e. The van der Waals surface area contributed by atoms with Gasteiger partial charge in [-0.25, -0.2) is 9.97 Å². The Morgan fingerprint density at radius 3 is 2.41 bits per heavy atom. The molecule has 1 aromatic carbocycles. The molecule has 3 aromatic rings. The largest absolute Gasteiger partial charge is 0.377 e. The van der Waals surface area contributed by atoms with Crippen molar-refractivity contribution >= 4 is 11.2 Å². The molecule has 5 rings (SSSR count). The summed E-state index contributed by atoms with van der Waals surface area (Å²) in [6.07, 6.45) is 7.94. The van der Waals surface area contributed by atoms with Gasteiger partial charge in [0.1, 0.15) is 17.9 Å². The molecule has 4 heterocycles. The van der Waals surface area contributed by atoms with Crippen LogP contribution in [0.5, 0.6) is 0 Å². The van der Waals surface area contributed by atoms with E-state index < -0.39 is 0 Å². The summed E-state index contributed by atoms with van der Waals surface area (Å²) < 4.78 is 7.79. The summed E-state index contributed by atoms with van der Waals surface area (Å²) in [5.74, 6) is 1.01. The number of benzene rings is 1. The van der Waals surface area contributed by atoms with Crippen molar-refractivity contribution in [2.24, 2.45) is 0 Å². The monoisotopic (exact) mass is 433 g/mol. The van der Waals surface area contributed by atoms with Crippen LogP contribution < -0.4 is 0 Å². The first-order valence-electron chi connectivity index (χ1n) is 12.1. The number of nitrogens with zero attached hydrogens (tertiary/aromatic N) is 5. The van der Waals surface area contributed by atoms with Gasteiger partial charge >= 0.3 is 0 Å². The number of fused-ring (bicyclic) bond motifs is 1. The third-order valence-corrected chi connectivity index (χ3v) is 7.29. The van der Waals surface area contributed by atoms with Gasteiger partial charge in [0, 0.05) is 45.0 Å². The highest BCUT2D eigenvalue weighted by atomic mass is 16.5. The van der Waals surface area contributed by atoms with Crippen molar-refractivity contribution < 1.29 is 4.74 Å². The number of piperidine rings is 2. The summed E-state index contributed by atoms with van der Waals surface area (Å²) in [5, 5.41) is 0. The number of methoxy groups -OCH3 is 1. The molecule has 0 amide bonds. The van der Waals surface area contributed by atoms with Crippen molar-refractivity contribution in [2.75, 3.05) is 39.8 Å². The second-order valence-electron chi connectivity index (χ2n) is 9.25. The summed E-state index contributed by atoms with van der Waals surface area (Å²) in [5.41, 5.74) is 3.43. The van der Waals surface area contributed by atoms with Crippen LogP contribution in [0.1, 0.15) is 43.1 Å². The van der Waals surface area contributed by atoms with E-state index in [0.29, 0.717) is 12.6 Å². The third-order valence-electron chi connectivity index (χ3n) is 7.29. The number of hydrogen-bond acceptors (Lipinski definition) is 5. The minimum atomic E-state index is 0.460. The molecule has 170 valence electrons. The zero-order valence-corrected chi connectivity index (χ0v) is 19.2. The molecule has 6 nitrogen and oxygen atoms in total. The Morgan fingerprint density at radius 2 is 1.66 bits per heavy atom. The molecule has 6 heteroatoms. The molecule has 0 N–H and O–H groups in total. The van der Waals surface area contributed by atoms with E-state index in [1.54, 1.807) is 7.11 Å². The minimum Gasteiger partial charge on any atom is -0.377 e. The summed E-state index contributed by atoms with van der Waals surface area (Å²) in [4.78, 5) is 14.8. The first kappa shape index (κ1) is 21.6. The van der Waals surface area contributed by atoms with Crippen LogP contribution in [0, 0.1) is 0 Å². The number of rotatable bonds is 7. The fourth-order valence-corrected chi connectivity index (χ4v) is 5.54. The van der Waals surface area contributed by atoms with Gasteiger partial charge in [-0.15, -0.1) is 0 Å². The Balaban J connectivity index is 1.14. The van der Waals surface area contributed by atoms with Crippen LogP contribution in [-0.2, 0) is 17.8 Å². The van der Waals surface area contributed by atoms with E-state index in [2.05, 4.69) is 55.7 Å². The molecule has 2 saturated heterocycles. The van der Waals surface area contributed by atoms with Gasteiger partial charge in [-0.1, -0.05) is 30.3 Å².